The second-order valence-corrected chi connectivity index (χ2v) is 5.41. The zero-order chi connectivity index (χ0) is 14.4. The van der Waals surface area contributed by atoms with Crippen molar-refractivity contribution < 1.29 is 14.3 Å². The van der Waals surface area contributed by atoms with E-state index < -0.39 is 17.7 Å². The van der Waals surface area contributed by atoms with Crippen LogP contribution in [0.4, 0.5) is 4.79 Å². The summed E-state index contributed by atoms with van der Waals surface area (Å²) in [7, 11) is 0. The molecule has 7 heteroatoms. The average molecular weight is 258 g/mol. The van der Waals surface area contributed by atoms with Crippen LogP contribution in [-0.2, 0) is 9.53 Å². The van der Waals surface area contributed by atoms with Gasteiger partial charge in [0, 0.05) is 0 Å². The van der Waals surface area contributed by atoms with Gasteiger partial charge in [-0.05, 0) is 34.6 Å². The van der Waals surface area contributed by atoms with Gasteiger partial charge in [0.05, 0.1) is 12.0 Å². The first-order valence-corrected chi connectivity index (χ1v) is 5.69. The fourth-order valence-corrected chi connectivity index (χ4v) is 0.830. The first-order valence-electron chi connectivity index (χ1n) is 5.69. The maximum atomic E-state index is 11.4. The smallest absolute Gasteiger partial charge is 0.409 e. The molecule has 0 aliphatic heterocycles. The molecule has 0 aromatic heterocycles. The summed E-state index contributed by atoms with van der Waals surface area (Å²) in [5.41, 5.74) is 3.74. The van der Waals surface area contributed by atoms with E-state index in [1.165, 1.54) is 0 Å². The molecule has 0 spiro atoms. The second-order valence-electron chi connectivity index (χ2n) is 5.41. The van der Waals surface area contributed by atoms with Crippen LogP contribution < -0.4 is 11.1 Å². The third-order valence-corrected chi connectivity index (χ3v) is 1.59. The van der Waals surface area contributed by atoms with Crippen LogP contribution in [0.5, 0.6) is 0 Å². The van der Waals surface area contributed by atoms with Gasteiger partial charge in [-0.3, -0.25) is 10.1 Å². The summed E-state index contributed by atoms with van der Waals surface area (Å²) in [6.07, 6.45) is -0.661. The highest BCUT2D eigenvalue weighted by Gasteiger charge is 2.21. The van der Waals surface area contributed by atoms with Crippen LogP contribution in [0.25, 0.3) is 0 Å². The topological polar surface area (TPSA) is 106 Å². The summed E-state index contributed by atoms with van der Waals surface area (Å²) in [6.45, 7) is 9.04. The van der Waals surface area contributed by atoms with Crippen molar-refractivity contribution in [3.05, 3.63) is 0 Å². The van der Waals surface area contributed by atoms with Crippen molar-refractivity contribution in [3.8, 4) is 0 Å². The molecule has 0 saturated heterocycles. The minimum Gasteiger partial charge on any atom is -0.449 e. The van der Waals surface area contributed by atoms with E-state index in [0.717, 1.165) is 0 Å². The molecule has 0 radical (unpaired) electrons. The maximum absolute atomic E-state index is 11.4. The highest BCUT2D eigenvalue weighted by molar-refractivity contribution is 5.74. The molecule has 7 nitrogen and oxygen atoms in total. The quantitative estimate of drug-likeness (QED) is 0.731. The van der Waals surface area contributed by atoms with Crippen molar-refractivity contribution in [1.29, 1.82) is 0 Å². The van der Waals surface area contributed by atoms with E-state index in [1.807, 2.05) is 20.8 Å². The number of hydrogen-bond donors (Lipinski definition) is 2. The third kappa shape index (κ3) is 9.56. The number of alkyl carbamates (subject to hydrolysis) is 1. The maximum Gasteiger partial charge on any atom is 0.409 e. The van der Waals surface area contributed by atoms with Gasteiger partial charge in [-0.1, -0.05) is 0 Å². The largest absolute Gasteiger partial charge is 0.449 e. The van der Waals surface area contributed by atoms with Crippen molar-refractivity contribution in [2.75, 3.05) is 6.61 Å². The van der Waals surface area contributed by atoms with Gasteiger partial charge in [-0.15, -0.1) is 0 Å². The summed E-state index contributed by atoms with van der Waals surface area (Å²) >= 11 is 0. The number of primary amides is 1. The van der Waals surface area contributed by atoms with Crippen LogP contribution >= 0.6 is 0 Å². The Bertz CT molecular complexity index is 332. The molecule has 18 heavy (non-hydrogen) atoms. The Morgan fingerprint density at radius 2 is 1.72 bits per heavy atom. The molecule has 104 valence electrons. The van der Waals surface area contributed by atoms with Crippen LogP contribution in [-0.4, -0.2) is 29.8 Å². The van der Waals surface area contributed by atoms with Crippen molar-refractivity contribution >= 4 is 12.0 Å². The van der Waals surface area contributed by atoms with Crippen LogP contribution in [0, 0.1) is 0 Å². The minimum absolute atomic E-state index is 0.00262. The lowest BCUT2D eigenvalue weighted by Gasteiger charge is -2.21. The summed E-state index contributed by atoms with van der Waals surface area (Å²) in [5, 5.41) is 10.6. The lowest BCUT2D eigenvalue weighted by atomic mass is 10.1. The van der Waals surface area contributed by atoms with Gasteiger partial charge in [-0.25, -0.2) is 4.79 Å². The predicted molar refractivity (Wildman–Crippen MR) is 67.0 cm³/mol. The highest BCUT2D eigenvalue weighted by atomic mass is 16.5. The monoisotopic (exact) mass is 258 g/mol. The van der Waals surface area contributed by atoms with E-state index in [0.29, 0.717) is 0 Å². The Balaban J connectivity index is 4.19. The molecule has 3 N–H and O–H groups in total. The molecule has 0 atom stereocenters. The van der Waals surface area contributed by atoms with E-state index >= 15 is 0 Å². The van der Waals surface area contributed by atoms with E-state index in [2.05, 4.69) is 15.5 Å². The zero-order valence-electron chi connectivity index (χ0n) is 11.6. The second kappa shape index (κ2) is 6.32. The van der Waals surface area contributed by atoms with Crippen molar-refractivity contribution in [1.82, 2.24) is 5.32 Å². The molecule has 0 fully saturated rings. The van der Waals surface area contributed by atoms with Crippen molar-refractivity contribution in [2.24, 2.45) is 16.0 Å². The minimum atomic E-state index is -0.864. The van der Waals surface area contributed by atoms with E-state index in [4.69, 9.17) is 10.5 Å². The van der Waals surface area contributed by atoms with Gasteiger partial charge < -0.3 is 10.5 Å². The summed E-state index contributed by atoms with van der Waals surface area (Å²) in [6, 6.07) is 0. The summed E-state index contributed by atoms with van der Waals surface area (Å²) in [4.78, 5) is 21.8. The Hall–Kier alpha value is -1.66. The molecule has 0 aliphatic carbocycles. The van der Waals surface area contributed by atoms with E-state index in [9.17, 15) is 9.59 Å². The third-order valence-electron chi connectivity index (χ3n) is 1.59. The highest BCUT2D eigenvalue weighted by Crippen LogP contribution is 2.12. The fraction of sp³-hybridized carbons (Fsp3) is 0.818. The zero-order valence-corrected chi connectivity index (χ0v) is 11.6. The Morgan fingerprint density at radius 3 is 2.17 bits per heavy atom. The molecule has 0 aliphatic rings. The number of amides is 2. The van der Waals surface area contributed by atoms with Crippen LogP contribution in [0.3, 0.4) is 0 Å². The van der Waals surface area contributed by atoms with E-state index in [-0.39, 0.29) is 18.6 Å². The predicted octanol–water partition coefficient (Wildman–Crippen LogP) is 1.57. The molecule has 0 heterocycles. The molecule has 0 aromatic rings. The number of rotatable bonds is 5. The number of ether oxygens (including phenoxy) is 1. The normalized spacial score (nSPS) is 12.5. The van der Waals surface area contributed by atoms with E-state index in [1.54, 1.807) is 13.8 Å². The number of nitrogens with zero attached hydrogens (tertiary/aromatic N) is 2. The lowest BCUT2D eigenvalue weighted by molar-refractivity contribution is -0.118. The molecule has 2 amide bonds. The fourth-order valence-electron chi connectivity index (χ4n) is 0.830. The average Bonchev–Trinajstić information content (AvgIpc) is 2.12. The number of carbonyl (C=O) groups excluding carboxylic acids is 2. The first kappa shape index (κ1) is 16.3. The van der Waals surface area contributed by atoms with Gasteiger partial charge in [0.15, 0.2) is 0 Å². The van der Waals surface area contributed by atoms with Crippen molar-refractivity contribution in [3.63, 3.8) is 0 Å². The Labute approximate surface area is 107 Å². The summed E-state index contributed by atoms with van der Waals surface area (Å²) < 4.78 is 4.77. The number of carbonyl (C=O) groups is 2. The molecule has 0 aromatic carbocycles. The number of hydrogen-bond acceptors (Lipinski definition) is 5. The Kier molecular flexibility index (Phi) is 5.74. The van der Waals surface area contributed by atoms with Crippen molar-refractivity contribution in [2.45, 2.75) is 52.2 Å². The molecule has 0 rings (SSSR count). The lowest BCUT2D eigenvalue weighted by Crippen LogP contribution is -2.42. The van der Waals surface area contributed by atoms with Crippen LogP contribution in [0.1, 0.15) is 41.0 Å². The standard InChI is InChI=1S/C11H22N4O3/c1-10(2,3)14-15-11(4,5)13-9(17)18-7-6-8(12)16/h6-7H2,1-5H3,(H2,12,16)(H,13,17)/b15-14+. The molecular formula is C11H22N4O3. The SMILES string of the molecule is CC(C)(C)/N=N/C(C)(C)NC(=O)OCCC(N)=O. The number of azo groups is 1. The molecule has 0 saturated carbocycles. The van der Waals surface area contributed by atoms with Gasteiger partial charge in [0.25, 0.3) is 0 Å². The van der Waals surface area contributed by atoms with Gasteiger partial charge in [0.1, 0.15) is 12.3 Å². The molecular weight excluding hydrogens is 236 g/mol. The molecule has 0 unspecified atom stereocenters. The van der Waals surface area contributed by atoms with Crippen LogP contribution in [0.15, 0.2) is 10.2 Å². The van der Waals surface area contributed by atoms with Gasteiger partial charge in [-0.2, -0.15) is 10.2 Å². The van der Waals surface area contributed by atoms with Crippen LogP contribution in [0.2, 0.25) is 0 Å². The Morgan fingerprint density at radius 1 is 1.17 bits per heavy atom. The molecule has 0 bridgehead atoms. The number of nitrogens with two attached hydrogens (primary N) is 1. The first-order chi connectivity index (χ1) is 8.02. The number of nitrogens with one attached hydrogen (secondary N) is 1. The van der Waals surface area contributed by atoms with Gasteiger partial charge in [0.2, 0.25) is 5.91 Å². The summed E-state index contributed by atoms with van der Waals surface area (Å²) in [5.74, 6) is -0.519. The van der Waals surface area contributed by atoms with Gasteiger partial charge >= 0.3 is 6.09 Å².